The lowest BCUT2D eigenvalue weighted by Gasteiger charge is -2.12. The van der Waals surface area contributed by atoms with Crippen LogP contribution < -0.4 is 4.62 Å². The summed E-state index contributed by atoms with van der Waals surface area (Å²) in [5.41, 5.74) is 0. The van der Waals surface area contributed by atoms with Crippen LogP contribution >= 0.6 is 7.82 Å². The average Bonchev–Trinajstić information content (AvgIpc) is 2.57. The van der Waals surface area contributed by atoms with Crippen molar-refractivity contribution in [1.29, 1.82) is 0 Å². The summed E-state index contributed by atoms with van der Waals surface area (Å²) in [6.45, 7) is 0. The van der Waals surface area contributed by atoms with E-state index in [1.807, 2.05) is 0 Å². The van der Waals surface area contributed by atoms with E-state index in [4.69, 9.17) is 4.62 Å². The van der Waals surface area contributed by atoms with Crippen molar-refractivity contribution in [3.8, 4) is 0 Å². The Morgan fingerprint density at radius 2 is 2.08 bits per heavy atom. The van der Waals surface area contributed by atoms with Gasteiger partial charge < -0.3 is 0 Å². The maximum absolute atomic E-state index is 11.3. The third kappa shape index (κ3) is 2.07. The Balaban J connectivity index is 2.67. The summed E-state index contributed by atoms with van der Waals surface area (Å²) >= 11 is 0. The lowest BCUT2D eigenvalue weighted by molar-refractivity contribution is 0.122. The van der Waals surface area contributed by atoms with Crippen molar-refractivity contribution in [2.75, 3.05) is 14.2 Å². The maximum atomic E-state index is 11.3. The first-order valence-corrected chi connectivity index (χ1v) is 4.57. The van der Waals surface area contributed by atoms with Crippen LogP contribution in [0.5, 0.6) is 0 Å². The molecule has 6 nitrogen and oxygen atoms in total. The lowest BCUT2D eigenvalue weighted by atomic mass is 10.8. The van der Waals surface area contributed by atoms with Crippen LogP contribution in [0.3, 0.4) is 0 Å². The molecule has 0 unspecified atom stereocenters. The normalized spacial score (nSPS) is 11.5. The van der Waals surface area contributed by atoms with Crippen LogP contribution in [0.2, 0.25) is 0 Å². The van der Waals surface area contributed by atoms with E-state index in [2.05, 4.69) is 14.1 Å². The molecule has 0 radical (unpaired) electrons. The molecule has 0 N–H and O–H groups in total. The second-order valence-electron chi connectivity index (χ2n) is 1.80. The molecule has 1 rings (SSSR count). The highest BCUT2D eigenvalue weighted by Crippen LogP contribution is 2.43. The van der Waals surface area contributed by atoms with Gasteiger partial charge in [0.15, 0.2) is 0 Å². The van der Waals surface area contributed by atoms with Crippen molar-refractivity contribution in [2.24, 2.45) is 0 Å². The number of aromatic nitrogens is 2. The van der Waals surface area contributed by atoms with Gasteiger partial charge in [-0.3, -0.25) is 13.7 Å². The number of phosphoric ester groups is 1. The quantitative estimate of drug-likeness (QED) is 0.657. The number of hydrogen-bond acceptors (Lipinski definition) is 5. The second-order valence-corrected chi connectivity index (χ2v) is 3.59. The largest absolute Gasteiger partial charge is 0.549 e. The molecule has 0 aromatic carbocycles. The zero-order valence-electron chi connectivity index (χ0n) is 6.71. The van der Waals surface area contributed by atoms with E-state index in [-0.39, 0.29) is 0 Å². The molecule has 7 heteroatoms. The van der Waals surface area contributed by atoms with Gasteiger partial charge in [0, 0.05) is 14.2 Å². The lowest BCUT2D eigenvalue weighted by Crippen LogP contribution is -2.11. The molecule has 0 aliphatic rings. The number of nitrogens with zero attached hydrogens (tertiary/aromatic N) is 2. The number of rotatable bonds is 4. The second kappa shape index (κ2) is 3.71. The van der Waals surface area contributed by atoms with Gasteiger partial charge in [-0.15, -0.1) is 5.10 Å². The Morgan fingerprint density at radius 3 is 2.50 bits per heavy atom. The first-order valence-electron chi connectivity index (χ1n) is 3.11. The molecule has 0 aliphatic carbocycles. The average molecular weight is 192 g/mol. The molecule has 1 aromatic rings. The summed E-state index contributed by atoms with van der Waals surface area (Å²) in [4.78, 5) is 1.01. The molecule has 0 saturated heterocycles. The highest BCUT2D eigenvalue weighted by molar-refractivity contribution is 7.48. The van der Waals surface area contributed by atoms with E-state index in [0.29, 0.717) is 0 Å². The minimum atomic E-state index is -3.47. The fourth-order valence-corrected chi connectivity index (χ4v) is 1.13. The first-order chi connectivity index (χ1) is 5.70. The van der Waals surface area contributed by atoms with Crippen molar-refractivity contribution in [1.82, 2.24) is 9.94 Å². The number of hydrogen-bond donors (Lipinski definition) is 0. The molecule has 68 valence electrons. The smallest absolute Gasteiger partial charge is 0.293 e. The Morgan fingerprint density at radius 1 is 1.42 bits per heavy atom. The first kappa shape index (κ1) is 9.25. The van der Waals surface area contributed by atoms with Gasteiger partial charge in [0.2, 0.25) is 0 Å². The zero-order chi connectivity index (χ0) is 9.03. The van der Waals surface area contributed by atoms with Crippen molar-refractivity contribution >= 4 is 7.82 Å². The third-order valence-electron chi connectivity index (χ3n) is 1.11. The van der Waals surface area contributed by atoms with Gasteiger partial charge in [-0.05, 0) is 6.07 Å². The van der Waals surface area contributed by atoms with E-state index in [0.717, 1.165) is 4.85 Å². The predicted molar refractivity (Wildman–Crippen MR) is 40.4 cm³/mol. The van der Waals surface area contributed by atoms with Crippen LogP contribution in [0, 0.1) is 0 Å². The van der Waals surface area contributed by atoms with Crippen LogP contribution in [-0.4, -0.2) is 24.2 Å². The fourth-order valence-electron chi connectivity index (χ4n) is 0.547. The van der Waals surface area contributed by atoms with Crippen LogP contribution in [0.15, 0.2) is 18.5 Å². The standard InChI is InChI=1S/C5H9N2O4P/c1-9-12(8,10-2)11-7-5-3-4-6-7/h3-5H,1-2H3. The molecule has 0 spiro atoms. The molecule has 0 atom stereocenters. The minimum Gasteiger partial charge on any atom is -0.293 e. The molecule has 0 amide bonds. The van der Waals surface area contributed by atoms with E-state index in [1.54, 1.807) is 6.07 Å². The summed E-state index contributed by atoms with van der Waals surface area (Å²) in [6, 6.07) is 1.62. The SMILES string of the molecule is COP(=O)(OC)On1cccn1. The highest BCUT2D eigenvalue weighted by atomic mass is 31.2. The fraction of sp³-hybridized carbons (Fsp3) is 0.400. The molecule has 1 aromatic heterocycles. The van der Waals surface area contributed by atoms with E-state index in [1.165, 1.54) is 26.6 Å². The number of phosphoric acid groups is 1. The van der Waals surface area contributed by atoms with Gasteiger partial charge in [0.25, 0.3) is 0 Å². The molecule has 1 heterocycles. The van der Waals surface area contributed by atoms with Gasteiger partial charge in [-0.2, -0.15) is 0 Å². The van der Waals surface area contributed by atoms with E-state index >= 15 is 0 Å². The third-order valence-corrected chi connectivity index (χ3v) is 2.37. The maximum Gasteiger partial charge on any atom is 0.549 e. The Labute approximate surface area is 69.6 Å². The molecule has 0 saturated carbocycles. The van der Waals surface area contributed by atoms with E-state index in [9.17, 15) is 4.57 Å². The van der Waals surface area contributed by atoms with Crippen LogP contribution in [0.1, 0.15) is 0 Å². The van der Waals surface area contributed by atoms with Gasteiger partial charge >= 0.3 is 7.82 Å². The Bertz CT molecular complexity index is 265. The summed E-state index contributed by atoms with van der Waals surface area (Å²) in [7, 11) is -1.01. The summed E-state index contributed by atoms with van der Waals surface area (Å²) in [6.07, 6.45) is 2.96. The molecular weight excluding hydrogens is 183 g/mol. The van der Waals surface area contributed by atoms with Crippen LogP contribution in [0.25, 0.3) is 0 Å². The van der Waals surface area contributed by atoms with Crippen LogP contribution in [-0.2, 0) is 13.6 Å². The predicted octanol–water partition coefficient (Wildman–Crippen LogP) is 0.713. The van der Waals surface area contributed by atoms with Crippen LogP contribution in [0.4, 0.5) is 0 Å². The monoisotopic (exact) mass is 192 g/mol. The van der Waals surface area contributed by atoms with Crippen molar-refractivity contribution in [2.45, 2.75) is 0 Å². The Hall–Kier alpha value is -0.840. The summed E-state index contributed by atoms with van der Waals surface area (Å²) < 4.78 is 25.1. The van der Waals surface area contributed by atoms with E-state index < -0.39 is 7.82 Å². The molecule has 12 heavy (non-hydrogen) atoms. The summed E-state index contributed by atoms with van der Waals surface area (Å²) in [5, 5.41) is 3.66. The minimum absolute atomic E-state index is 1.01. The van der Waals surface area contributed by atoms with Gasteiger partial charge in [0.05, 0.1) is 12.4 Å². The molecule has 0 aliphatic heterocycles. The van der Waals surface area contributed by atoms with Gasteiger partial charge in [-0.1, -0.05) is 4.85 Å². The molecule has 0 bridgehead atoms. The highest BCUT2D eigenvalue weighted by Gasteiger charge is 2.25. The molecule has 0 fully saturated rings. The topological polar surface area (TPSA) is 62.6 Å². The zero-order valence-corrected chi connectivity index (χ0v) is 7.60. The van der Waals surface area contributed by atoms with Crippen molar-refractivity contribution in [3.05, 3.63) is 18.5 Å². The Kier molecular flexibility index (Phi) is 2.86. The van der Waals surface area contributed by atoms with Crippen molar-refractivity contribution in [3.63, 3.8) is 0 Å². The van der Waals surface area contributed by atoms with Crippen molar-refractivity contribution < 1.29 is 18.2 Å². The molecular formula is C5H9N2O4P. The summed E-state index contributed by atoms with van der Waals surface area (Å²) in [5.74, 6) is 0. The van der Waals surface area contributed by atoms with Gasteiger partial charge in [0.1, 0.15) is 0 Å². The van der Waals surface area contributed by atoms with Gasteiger partial charge in [-0.25, -0.2) is 4.57 Å².